The van der Waals surface area contributed by atoms with E-state index in [1.165, 1.54) is 17.0 Å². The second-order valence-corrected chi connectivity index (χ2v) is 6.84. The van der Waals surface area contributed by atoms with Gasteiger partial charge in [0.1, 0.15) is 5.75 Å². The van der Waals surface area contributed by atoms with Gasteiger partial charge in [-0.25, -0.2) is 14.4 Å². The number of nitrogens with one attached hydrogen (secondary N) is 1. The number of halogens is 2. The van der Waals surface area contributed by atoms with Gasteiger partial charge in [-0.15, -0.1) is 0 Å². The van der Waals surface area contributed by atoms with Gasteiger partial charge in [0.05, 0.1) is 5.54 Å². The number of benzene rings is 1. The van der Waals surface area contributed by atoms with Gasteiger partial charge < -0.3 is 25.4 Å². The van der Waals surface area contributed by atoms with Gasteiger partial charge in [-0.05, 0) is 38.0 Å². The van der Waals surface area contributed by atoms with Crippen LogP contribution in [0.25, 0.3) is 0 Å². The summed E-state index contributed by atoms with van der Waals surface area (Å²) in [5.74, 6) is -2.42. The lowest BCUT2D eigenvalue weighted by Crippen LogP contribution is -2.65. The molecule has 0 aliphatic carbocycles. The van der Waals surface area contributed by atoms with Crippen molar-refractivity contribution in [2.45, 2.75) is 38.5 Å². The molecule has 0 saturated carbocycles. The standard InChI is InChI=1S/C15H20F2N2O3.C4H4O4/c1-10-8-18-9-15(2,19(10)14(20)21)7-11-3-5-12(6-4-11)22-13(16)17;5-3(6)1-2-4(7)8/h3-6,10,13,18H,7-9H2,1-2H3,(H,20,21);1-2H,(H,5,6)(H,7,8)/b;2-1+/t10-,15-;/m1./s1. The second kappa shape index (κ2) is 11.1. The molecule has 11 heteroatoms. The molecule has 0 unspecified atom stereocenters. The van der Waals surface area contributed by atoms with Crippen molar-refractivity contribution in [2.75, 3.05) is 13.1 Å². The Hall–Kier alpha value is -3.21. The van der Waals surface area contributed by atoms with Gasteiger partial charge in [0.2, 0.25) is 0 Å². The summed E-state index contributed by atoms with van der Waals surface area (Å²) in [5, 5.41) is 28.3. The Morgan fingerprint density at radius 1 is 1.20 bits per heavy atom. The van der Waals surface area contributed by atoms with Crippen LogP contribution in [0.3, 0.4) is 0 Å². The third-order valence-corrected chi connectivity index (χ3v) is 4.28. The minimum absolute atomic E-state index is 0.0918. The number of carbonyl (C=O) groups is 3. The quantitative estimate of drug-likeness (QED) is 0.505. The Morgan fingerprint density at radius 2 is 1.73 bits per heavy atom. The van der Waals surface area contributed by atoms with Crippen molar-refractivity contribution in [1.82, 2.24) is 10.2 Å². The molecule has 1 fully saturated rings. The molecule has 1 saturated heterocycles. The fraction of sp³-hybridized carbons (Fsp3) is 0.421. The number of nitrogens with zero attached hydrogens (tertiary/aromatic N) is 1. The maximum absolute atomic E-state index is 12.1. The number of hydrogen-bond donors (Lipinski definition) is 4. The van der Waals surface area contributed by atoms with E-state index in [9.17, 15) is 28.3 Å². The van der Waals surface area contributed by atoms with Crippen LogP contribution >= 0.6 is 0 Å². The van der Waals surface area contributed by atoms with E-state index < -0.39 is 30.2 Å². The molecular formula is C19H24F2N2O7. The van der Waals surface area contributed by atoms with Crippen molar-refractivity contribution in [2.24, 2.45) is 0 Å². The van der Waals surface area contributed by atoms with Crippen molar-refractivity contribution < 1.29 is 43.2 Å². The third-order valence-electron chi connectivity index (χ3n) is 4.28. The van der Waals surface area contributed by atoms with Gasteiger partial charge in [-0.3, -0.25) is 4.90 Å². The lowest BCUT2D eigenvalue weighted by Gasteiger charge is -2.47. The van der Waals surface area contributed by atoms with Crippen molar-refractivity contribution in [3.05, 3.63) is 42.0 Å². The highest BCUT2D eigenvalue weighted by Gasteiger charge is 2.41. The van der Waals surface area contributed by atoms with E-state index in [4.69, 9.17) is 10.2 Å². The SMILES string of the molecule is C[C@@H]1CNC[C@@](C)(Cc2ccc(OC(F)F)cc2)N1C(=O)O.O=C(O)/C=C/C(=O)O. The number of carboxylic acid groups (broad SMARTS) is 3. The van der Waals surface area contributed by atoms with E-state index in [0.717, 1.165) is 5.56 Å². The number of aliphatic carboxylic acids is 2. The van der Waals surface area contributed by atoms with Crippen molar-refractivity contribution in [3.8, 4) is 5.75 Å². The number of rotatable bonds is 6. The zero-order valence-electron chi connectivity index (χ0n) is 16.4. The fourth-order valence-corrected chi connectivity index (χ4v) is 3.20. The number of carboxylic acids is 2. The molecule has 0 aromatic heterocycles. The molecule has 9 nitrogen and oxygen atoms in total. The summed E-state index contributed by atoms with van der Waals surface area (Å²) in [6, 6.07) is 6.17. The van der Waals surface area contributed by atoms with E-state index in [1.807, 2.05) is 13.8 Å². The molecule has 0 spiro atoms. The van der Waals surface area contributed by atoms with Crippen LogP contribution in [-0.4, -0.2) is 69.5 Å². The first kappa shape index (κ1) is 24.8. The molecule has 1 amide bonds. The molecule has 166 valence electrons. The predicted octanol–water partition coefficient (Wildman–Crippen LogP) is 2.27. The normalized spacial score (nSPS) is 21.1. The minimum atomic E-state index is -2.85. The largest absolute Gasteiger partial charge is 0.478 e. The zero-order chi connectivity index (χ0) is 22.9. The Balaban J connectivity index is 0.000000479. The molecule has 2 atom stereocenters. The summed E-state index contributed by atoms with van der Waals surface area (Å²) >= 11 is 0. The Morgan fingerprint density at radius 3 is 2.17 bits per heavy atom. The van der Waals surface area contributed by atoms with Crippen molar-refractivity contribution >= 4 is 18.0 Å². The third kappa shape index (κ3) is 8.03. The first-order valence-corrected chi connectivity index (χ1v) is 8.85. The number of alkyl halides is 2. The highest BCUT2D eigenvalue weighted by molar-refractivity contribution is 5.89. The molecule has 1 heterocycles. The number of piperazine rings is 1. The first-order valence-electron chi connectivity index (χ1n) is 8.85. The lowest BCUT2D eigenvalue weighted by atomic mass is 9.87. The van der Waals surface area contributed by atoms with Crippen LogP contribution in [0.1, 0.15) is 19.4 Å². The van der Waals surface area contributed by atoms with E-state index in [1.54, 1.807) is 12.1 Å². The number of ether oxygens (including phenoxy) is 1. The van der Waals surface area contributed by atoms with Gasteiger partial charge in [0.25, 0.3) is 0 Å². The molecule has 1 aliphatic rings. The Bertz CT molecular complexity index is 755. The van der Waals surface area contributed by atoms with Gasteiger partial charge in [-0.1, -0.05) is 12.1 Å². The van der Waals surface area contributed by atoms with E-state index in [2.05, 4.69) is 10.1 Å². The van der Waals surface area contributed by atoms with Gasteiger partial charge >= 0.3 is 24.6 Å². The van der Waals surface area contributed by atoms with Crippen molar-refractivity contribution in [1.29, 1.82) is 0 Å². The smallest absolute Gasteiger partial charge is 0.408 e. The molecule has 0 bridgehead atoms. The van der Waals surface area contributed by atoms with Crippen LogP contribution in [0.15, 0.2) is 36.4 Å². The highest BCUT2D eigenvalue weighted by atomic mass is 19.3. The van der Waals surface area contributed by atoms with Crippen LogP contribution in [0.5, 0.6) is 5.75 Å². The topological polar surface area (TPSA) is 136 Å². The van der Waals surface area contributed by atoms with Crippen LogP contribution in [0.4, 0.5) is 13.6 Å². The fourth-order valence-electron chi connectivity index (χ4n) is 3.20. The summed E-state index contributed by atoms with van der Waals surface area (Å²) in [7, 11) is 0. The Labute approximate surface area is 171 Å². The predicted molar refractivity (Wildman–Crippen MR) is 102 cm³/mol. The maximum atomic E-state index is 12.1. The number of hydrogen-bond acceptors (Lipinski definition) is 5. The minimum Gasteiger partial charge on any atom is -0.478 e. The average molecular weight is 430 g/mol. The van der Waals surface area contributed by atoms with Gasteiger partial charge in [-0.2, -0.15) is 8.78 Å². The average Bonchev–Trinajstić information content (AvgIpc) is 2.61. The monoisotopic (exact) mass is 430 g/mol. The highest BCUT2D eigenvalue weighted by Crippen LogP contribution is 2.27. The van der Waals surface area contributed by atoms with E-state index >= 15 is 0 Å². The summed E-state index contributed by atoms with van der Waals surface area (Å²) in [4.78, 5) is 32.1. The van der Waals surface area contributed by atoms with Crippen molar-refractivity contribution in [3.63, 3.8) is 0 Å². The summed E-state index contributed by atoms with van der Waals surface area (Å²) < 4.78 is 28.6. The van der Waals surface area contributed by atoms with Gasteiger partial charge in [0, 0.05) is 31.3 Å². The lowest BCUT2D eigenvalue weighted by molar-refractivity contribution is -0.134. The summed E-state index contributed by atoms with van der Waals surface area (Å²) in [5.41, 5.74) is 0.278. The Kier molecular flexibility index (Phi) is 9.18. The molecular weight excluding hydrogens is 406 g/mol. The van der Waals surface area contributed by atoms with Crippen LogP contribution in [0, 0.1) is 0 Å². The summed E-state index contributed by atoms with van der Waals surface area (Å²) in [6.07, 6.45) is 0.658. The van der Waals surface area contributed by atoms with Crippen LogP contribution < -0.4 is 10.1 Å². The second-order valence-electron chi connectivity index (χ2n) is 6.84. The van der Waals surface area contributed by atoms with E-state index in [0.29, 0.717) is 31.7 Å². The molecule has 1 aliphatic heterocycles. The first-order chi connectivity index (χ1) is 13.9. The molecule has 4 N–H and O–H groups in total. The molecule has 1 aromatic carbocycles. The maximum Gasteiger partial charge on any atom is 0.408 e. The molecule has 2 rings (SSSR count). The summed E-state index contributed by atoms with van der Waals surface area (Å²) in [6.45, 7) is 2.04. The van der Waals surface area contributed by atoms with Gasteiger partial charge in [0.15, 0.2) is 0 Å². The molecule has 30 heavy (non-hydrogen) atoms. The van der Waals surface area contributed by atoms with E-state index in [-0.39, 0.29) is 11.8 Å². The molecule has 1 aromatic rings. The number of amides is 1. The molecule has 0 radical (unpaired) electrons. The zero-order valence-corrected chi connectivity index (χ0v) is 16.4. The van der Waals surface area contributed by atoms with Crippen LogP contribution in [0.2, 0.25) is 0 Å². The van der Waals surface area contributed by atoms with Crippen LogP contribution in [-0.2, 0) is 16.0 Å².